The van der Waals surface area contributed by atoms with Crippen LogP contribution in [0.4, 0.5) is 18.9 Å². The minimum Gasteiger partial charge on any atom is -0.432 e. The van der Waals surface area contributed by atoms with E-state index in [1.165, 1.54) is 10.7 Å². The van der Waals surface area contributed by atoms with Gasteiger partial charge in [0.05, 0.1) is 5.69 Å². The molecule has 5 nitrogen and oxygen atoms in total. The highest BCUT2D eigenvalue weighted by Gasteiger charge is 2.14. The number of nitrogens with one attached hydrogen (secondary N) is 1. The van der Waals surface area contributed by atoms with Gasteiger partial charge in [0.15, 0.2) is 11.6 Å². The van der Waals surface area contributed by atoms with E-state index in [-0.39, 0.29) is 5.69 Å². The molecular formula is C13H12F3N3O2. The van der Waals surface area contributed by atoms with Gasteiger partial charge in [-0.05, 0) is 25.1 Å². The molecule has 1 heterocycles. The summed E-state index contributed by atoms with van der Waals surface area (Å²) in [7, 11) is 1.60. The van der Waals surface area contributed by atoms with E-state index in [1.54, 1.807) is 20.0 Å². The summed E-state index contributed by atoms with van der Waals surface area (Å²) in [4.78, 5) is 12.0. The lowest BCUT2D eigenvalue weighted by molar-refractivity contribution is -0.0521. The van der Waals surface area contributed by atoms with Crippen LogP contribution in [0.1, 0.15) is 16.2 Å². The number of nitrogens with zero attached hydrogens (tertiary/aromatic N) is 2. The summed E-state index contributed by atoms with van der Waals surface area (Å²) >= 11 is 0. The Morgan fingerprint density at radius 1 is 1.38 bits per heavy atom. The lowest BCUT2D eigenvalue weighted by Gasteiger charge is -2.09. The van der Waals surface area contributed by atoms with E-state index in [2.05, 4.69) is 15.2 Å². The Bertz CT molecular complexity index is 671. The second-order valence-corrected chi connectivity index (χ2v) is 4.27. The van der Waals surface area contributed by atoms with E-state index in [9.17, 15) is 18.0 Å². The Morgan fingerprint density at radius 2 is 2.10 bits per heavy atom. The second kappa shape index (κ2) is 5.86. The van der Waals surface area contributed by atoms with Crippen LogP contribution < -0.4 is 10.1 Å². The van der Waals surface area contributed by atoms with Crippen molar-refractivity contribution in [1.82, 2.24) is 9.78 Å². The van der Waals surface area contributed by atoms with E-state index >= 15 is 0 Å². The molecule has 21 heavy (non-hydrogen) atoms. The van der Waals surface area contributed by atoms with E-state index in [1.807, 2.05) is 0 Å². The third-order valence-electron chi connectivity index (χ3n) is 2.64. The van der Waals surface area contributed by atoms with Crippen molar-refractivity contribution in [2.24, 2.45) is 7.05 Å². The van der Waals surface area contributed by atoms with Crippen molar-refractivity contribution in [1.29, 1.82) is 0 Å². The second-order valence-electron chi connectivity index (χ2n) is 4.27. The van der Waals surface area contributed by atoms with Crippen LogP contribution in [0.2, 0.25) is 0 Å². The van der Waals surface area contributed by atoms with Crippen LogP contribution >= 0.6 is 0 Å². The first kappa shape index (κ1) is 14.9. The number of carbonyl (C=O) groups excluding carboxylic acids is 1. The number of anilines is 1. The van der Waals surface area contributed by atoms with Crippen LogP contribution in [0.3, 0.4) is 0 Å². The molecule has 0 radical (unpaired) electrons. The number of alkyl halides is 2. The van der Waals surface area contributed by atoms with Crippen molar-refractivity contribution in [2.45, 2.75) is 13.5 Å². The van der Waals surface area contributed by atoms with Gasteiger partial charge in [-0.2, -0.15) is 13.9 Å². The van der Waals surface area contributed by atoms with E-state index in [0.29, 0.717) is 11.4 Å². The van der Waals surface area contributed by atoms with Crippen LogP contribution in [0, 0.1) is 12.7 Å². The first-order valence-electron chi connectivity index (χ1n) is 5.93. The molecule has 0 saturated carbocycles. The number of halogens is 3. The Kier molecular flexibility index (Phi) is 4.15. The Hall–Kier alpha value is -2.51. The molecule has 8 heteroatoms. The van der Waals surface area contributed by atoms with Crippen molar-refractivity contribution < 1.29 is 22.7 Å². The number of aromatic nitrogens is 2. The van der Waals surface area contributed by atoms with Crippen LogP contribution in [0.5, 0.6) is 5.75 Å². The Labute approximate surface area is 118 Å². The highest BCUT2D eigenvalue weighted by Crippen LogP contribution is 2.23. The van der Waals surface area contributed by atoms with Gasteiger partial charge in [0, 0.05) is 18.8 Å². The number of aryl methyl sites for hydroxylation is 2. The highest BCUT2D eigenvalue weighted by atomic mass is 19.3. The summed E-state index contributed by atoms with van der Waals surface area (Å²) in [6, 6.07) is 4.76. The Balaban J connectivity index is 2.15. The molecule has 1 aromatic heterocycles. The number of ether oxygens (including phenoxy) is 1. The normalized spacial score (nSPS) is 10.8. The zero-order valence-electron chi connectivity index (χ0n) is 11.2. The standard InChI is InChI=1S/C13H12F3N3O2/c1-7-5-10(19(2)18-7)12(20)17-8-3-4-11(9(14)6-8)21-13(15)16/h3-6,13H,1-2H3,(H,17,20). The Morgan fingerprint density at radius 3 is 2.62 bits per heavy atom. The SMILES string of the molecule is Cc1cc(C(=O)Nc2ccc(OC(F)F)c(F)c2)n(C)n1. The zero-order chi connectivity index (χ0) is 15.6. The van der Waals surface area contributed by atoms with Gasteiger partial charge in [-0.25, -0.2) is 4.39 Å². The van der Waals surface area contributed by atoms with Crippen molar-refractivity contribution in [2.75, 3.05) is 5.32 Å². The smallest absolute Gasteiger partial charge is 0.387 e. The molecule has 0 unspecified atom stereocenters. The third-order valence-corrected chi connectivity index (χ3v) is 2.64. The minimum atomic E-state index is -3.11. The fourth-order valence-corrected chi connectivity index (χ4v) is 1.79. The molecule has 0 atom stereocenters. The fourth-order valence-electron chi connectivity index (χ4n) is 1.79. The van der Waals surface area contributed by atoms with Gasteiger partial charge < -0.3 is 10.1 Å². The quantitative estimate of drug-likeness (QED) is 0.944. The molecule has 0 bridgehead atoms. The molecule has 2 aromatic rings. The van der Waals surface area contributed by atoms with Crippen LogP contribution in [-0.2, 0) is 7.05 Å². The third kappa shape index (κ3) is 3.53. The monoisotopic (exact) mass is 299 g/mol. The van der Waals surface area contributed by atoms with Crippen LogP contribution in [0.15, 0.2) is 24.3 Å². The predicted octanol–water partition coefficient (Wildman–Crippen LogP) is 2.72. The lowest BCUT2D eigenvalue weighted by Crippen LogP contribution is -2.16. The van der Waals surface area contributed by atoms with Gasteiger partial charge in [-0.15, -0.1) is 0 Å². The van der Waals surface area contributed by atoms with E-state index in [4.69, 9.17) is 0 Å². The highest BCUT2D eigenvalue weighted by molar-refractivity contribution is 6.03. The number of benzene rings is 1. The van der Waals surface area contributed by atoms with Crippen molar-refractivity contribution >= 4 is 11.6 Å². The van der Waals surface area contributed by atoms with Gasteiger partial charge >= 0.3 is 6.61 Å². The summed E-state index contributed by atoms with van der Waals surface area (Å²) in [5.41, 5.74) is 1.08. The molecule has 2 rings (SSSR count). The van der Waals surface area contributed by atoms with Crippen LogP contribution in [0.25, 0.3) is 0 Å². The topological polar surface area (TPSA) is 56.1 Å². The summed E-state index contributed by atoms with van der Waals surface area (Å²) in [6.45, 7) is -1.38. The molecule has 0 saturated heterocycles. The number of rotatable bonds is 4. The summed E-state index contributed by atoms with van der Waals surface area (Å²) in [5, 5.41) is 6.47. The van der Waals surface area contributed by atoms with Crippen LogP contribution in [-0.4, -0.2) is 22.3 Å². The van der Waals surface area contributed by atoms with Gasteiger partial charge in [0.2, 0.25) is 0 Å². The molecule has 0 aliphatic carbocycles. The molecule has 0 aliphatic rings. The first-order valence-corrected chi connectivity index (χ1v) is 5.93. The maximum atomic E-state index is 13.5. The predicted molar refractivity (Wildman–Crippen MR) is 68.9 cm³/mol. The average Bonchev–Trinajstić information content (AvgIpc) is 2.71. The summed E-state index contributed by atoms with van der Waals surface area (Å²) in [5.74, 6) is -2.06. The molecule has 0 aliphatic heterocycles. The molecule has 112 valence electrons. The zero-order valence-corrected chi connectivity index (χ0v) is 11.2. The largest absolute Gasteiger partial charge is 0.432 e. The number of hydrogen-bond donors (Lipinski definition) is 1. The van der Waals surface area contributed by atoms with Gasteiger partial charge in [-0.1, -0.05) is 0 Å². The molecule has 1 aromatic carbocycles. The van der Waals surface area contributed by atoms with E-state index < -0.39 is 24.1 Å². The van der Waals surface area contributed by atoms with Gasteiger partial charge in [-0.3, -0.25) is 9.48 Å². The maximum absolute atomic E-state index is 13.5. The lowest BCUT2D eigenvalue weighted by atomic mass is 10.2. The molecule has 0 fully saturated rings. The van der Waals surface area contributed by atoms with E-state index in [0.717, 1.165) is 12.1 Å². The number of carbonyl (C=O) groups is 1. The number of hydrogen-bond acceptors (Lipinski definition) is 3. The molecule has 1 amide bonds. The molecule has 1 N–H and O–H groups in total. The fraction of sp³-hybridized carbons (Fsp3) is 0.231. The summed E-state index contributed by atoms with van der Waals surface area (Å²) < 4.78 is 42.9. The van der Waals surface area contributed by atoms with Crippen molar-refractivity contribution in [3.05, 3.63) is 41.5 Å². The average molecular weight is 299 g/mol. The maximum Gasteiger partial charge on any atom is 0.387 e. The summed E-state index contributed by atoms with van der Waals surface area (Å²) in [6.07, 6.45) is 0. The number of amides is 1. The van der Waals surface area contributed by atoms with Gasteiger partial charge in [0.25, 0.3) is 5.91 Å². The van der Waals surface area contributed by atoms with Crippen molar-refractivity contribution in [3.63, 3.8) is 0 Å². The first-order chi connectivity index (χ1) is 9.86. The van der Waals surface area contributed by atoms with Crippen molar-refractivity contribution in [3.8, 4) is 5.75 Å². The van der Waals surface area contributed by atoms with Gasteiger partial charge in [0.1, 0.15) is 5.69 Å². The molecular weight excluding hydrogens is 287 g/mol. The molecule has 0 spiro atoms. The minimum absolute atomic E-state index is 0.123.